The van der Waals surface area contributed by atoms with Crippen molar-refractivity contribution in [3.8, 4) is 5.75 Å². The van der Waals surface area contributed by atoms with Crippen molar-refractivity contribution in [1.29, 1.82) is 0 Å². The Balaban J connectivity index is 1.63. The van der Waals surface area contributed by atoms with E-state index in [1.807, 2.05) is 0 Å². The first-order valence-electron chi connectivity index (χ1n) is 7.63. The number of rotatable bonds is 6. The van der Waals surface area contributed by atoms with Crippen molar-refractivity contribution in [2.45, 2.75) is 11.3 Å². The zero-order valence-corrected chi connectivity index (χ0v) is 15.3. The quantitative estimate of drug-likeness (QED) is 0.545. The van der Waals surface area contributed by atoms with Crippen LogP contribution in [-0.2, 0) is 21.2 Å². The summed E-state index contributed by atoms with van der Waals surface area (Å²) in [6, 6.07) is 10.4. The van der Waals surface area contributed by atoms with Crippen LogP contribution in [0.1, 0.15) is 5.69 Å². The van der Waals surface area contributed by atoms with Gasteiger partial charge in [-0.2, -0.15) is 0 Å². The molecule has 2 aromatic carbocycles. The van der Waals surface area contributed by atoms with Crippen LogP contribution in [0.3, 0.4) is 0 Å². The summed E-state index contributed by atoms with van der Waals surface area (Å²) in [5.74, 6) is -0.783. The molecule has 0 saturated heterocycles. The Kier molecular flexibility index (Phi) is 5.38. The van der Waals surface area contributed by atoms with Gasteiger partial charge in [-0.25, -0.2) is 17.8 Å². The third kappa shape index (κ3) is 5.02. The molecule has 1 heterocycles. The molecule has 1 aromatic heterocycles. The number of carbonyl (C=O) groups excluding carboxylic acids is 1. The number of thiazole rings is 1. The van der Waals surface area contributed by atoms with Gasteiger partial charge < -0.3 is 10.4 Å². The Labute approximate surface area is 158 Å². The molecule has 0 unspecified atom stereocenters. The molecule has 0 atom stereocenters. The first-order valence-corrected chi connectivity index (χ1v) is 10.00. The minimum Gasteiger partial charge on any atom is -0.508 e. The van der Waals surface area contributed by atoms with Crippen molar-refractivity contribution in [2.75, 3.05) is 10.0 Å². The molecule has 3 rings (SSSR count). The van der Waals surface area contributed by atoms with E-state index >= 15 is 0 Å². The molecule has 140 valence electrons. The maximum absolute atomic E-state index is 12.9. The molecule has 0 aliphatic carbocycles. The fourth-order valence-electron chi connectivity index (χ4n) is 2.14. The normalized spacial score (nSPS) is 11.1. The summed E-state index contributed by atoms with van der Waals surface area (Å²) in [4.78, 5) is 16.0. The predicted molar refractivity (Wildman–Crippen MR) is 99.8 cm³/mol. The van der Waals surface area contributed by atoms with Gasteiger partial charge >= 0.3 is 0 Å². The van der Waals surface area contributed by atoms with E-state index < -0.39 is 15.8 Å². The maximum atomic E-state index is 12.9. The molecular formula is C17H14FN3O4S2. The molecule has 27 heavy (non-hydrogen) atoms. The molecule has 0 fully saturated rings. The van der Waals surface area contributed by atoms with E-state index in [4.69, 9.17) is 0 Å². The first-order chi connectivity index (χ1) is 12.8. The summed E-state index contributed by atoms with van der Waals surface area (Å²) >= 11 is 1.04. The van der Waals surface area contributed by atoms with Gasteiger partial charge in [0.15, 0.2) is 5.13 Å². The molecular weight excluding hydrogens is 393 g/mol. The standard InChI is InChI=1S/C17H14FN3O4S2/c18-11-1-7-15(8-2-11)27(24,25)21-17-20-13(10-26-17)9-16(23)19-12-3-5-14(22)6-4-12/h1-8,10,22H,9H2,(H,19,23)(H,20,21). The number of hydrogen-bond donors (Lipinski definition) is 3. The third-order valence-corrected chi connectivity index (χ3v) is 5.68. The van der Waals surface area contributed by atoms with E-state index in [0.29, 0.717) is 11.4 Å². The van der Waals surface area contributed by atoms with Crippen molar-refractivity contribution in [3.63, 3.8) is 0 Å². The second-order valence-corrected chi connectivity index (χ2v) is 8.02. The number of amides is 1. The second kappa shape index (κ2) is 7.72. The van der Waals surface area contributed by atoms with Gasteiger partial charge in [-0.1, -0.05) is 0 Å². The number of carbonyl (C=O) groups is 1. The Morgan fingerprint density at radius 3 is 2.44 bits per heavy atom. The average molecular weight is 407 g/mol. The van der Waals surface area contributed by atoms with Crippen LogP contribution < -0.4 is 10.0 Å². The van der Waals surface area contributed by atoms with Crippen molar-refractivity contribution < 1.29 is 22.7 Å². The number of benzene rings is 2. The molecule has 7 nitrogen and oxygen atoms in total. The van der Waals surface area contributed by atoms with Gasteiger partial charge in [0.05, 0.1) is 17.0 Å². The van der Waals surface area contributed by atoms with Crippen LogP contribution >= 0.6 is 11.3 Å². The lowest BCUT2D eigenvalue weighted by Crippen LogP contribution is -2.15. The Morgan fingerprint density at radius 1 is 1.11 bits per heavy atom. The van der Waals surface area contributed by atoms with Gasteiger partial charge in [0, 0.05) is 11.1 Å². The van der Waals surface area contributed by atoms with Gasteiger partial charge in [-0.05, 0) is 48.5 Å². The Bertz CT molecular complexity index is 1050. The van der Waals surface area contributed by atoms with Crippen LogP contribution in [0.15, 0.2) is 58.8 Å². The highest BCUT2D eigenvalue weighted by Crippen LogP contribution is 2.21. The Morgan fingerprint density at radius 2 is 1.78 bits per heavy atom. The Hall–Kier alpha value is -2.98. The maximum Gasteiger partial charge on any atom is 0.263 e. The molecule has 10 heteroatoms. The van der Waals surface area contributed by atoms with Crippen LogP contribution in [0.25, 0.3) is 0 Å². The number of halogens is 1. The van der Waals surface area contributed by atoms with Crippen molar-refractivity contribution in [3.05, 3.63) is 65.4 Å². The summed E-state index contributed by atoms with van der Waals surface area (Å²) in [5.41, 5.74) is 0.915. The third-order valence-electron chi connectivity index (χ3n) is 3.39. The number of nitrogens with zero attached hydrogens (tertiary/aromatic N) is 1. The molecule has 3 N–H and O–H groups in total. The fourth-order valence-corrected chi connectivity index (χ4v) is 4.10. The first kappa shape index (κ1) is 18.8. The number of sulfonamides is 1. The summed E-state index contributed by atoms with van der Waals surface area (Å²) < 4.78 is 39.7. The van der Waals surface area contributed by atoms with Crippen LogP contribution in [0.2, 0.25) is 0 Å². The number of hydrogen-bond acceptors (Lipinski definition) is 6. The van der Waals surface area contributed by atoms with E-state index in [0.717, 1.165) is 35.6 Å². The van der Waals surface area contributed by atoms with Crippen LogP contribution in [-0.4, -0.2) is 24.4 Å². The largest absolute Gasteiger partial charge is 0.508 e. The summed E-state index contributed by atoms with van der Waals surface area (Å²) in [6.45, 7) is 0. The van der Waals surface area contributed by atoms with Crippen LogP contribution in [0, 0.1) is 5.82 Å². The van der Waals surface area contributed by atoms with E-state index in [1.165, 1.54) is 12.1 Å². The van der Waals surface area contributed by atoms with Crippen molar-refractivity contribution >= 4 is 38.1 Å². The minimum atomic E-state index is -3.89. The number of phenols is 1. The topological polar surface area (TPSA) is 108 Å². The molecule has 1 amide bonds. The summed E-state index contributed by atoms with van der Waals surface area (Å²) in [7, 11) is -3.89. The van der Waals surface area contributed by atoms with Crippen LogP contribution in [0.4, 0.5) is 15.2 Å². The summed E-state index contributed by atoms with van der Waals surface area (Å²) in [6.07, 6.45) is -0.0460. The molecule has 0 saturated carbocycles. The summed E-state index contributed by atoms with van der Waals surface area (Å²) in [5, 5.41) is 13.5. The number of anilines is 2. The average Bonchev–Trinajstić information content (AvgIpc) is 3.03. The highest BCUT2D eigenvalue weighted by atomic mass is 32.2. The molecule has 3 aromatic rings. The van der Waals surface area contributed by atoms with Gasteiger partial charge in [0.2, 0.25) is 5.91 Å². The van der Waals surface area contributed by atoms with Crippen molar-refractivity contribution in [1.82, 2.24) is 4.98 Å². The molecule has 0 radical (unpaired) electrons. The van der Waals surface area contributed by atoms with E-state index in [2.05, 4.69) is 15.0 Å². The number of aromatic hydroxyl groups is 1. The number of phenolic OH excluding ortho intramolecular Hbond substituents is 1. The lowest BCUT2D eigenvalue weighted by atomic mass is 10.2. The van der Waals surface area contributed by atoms with E-state index in [9.17, 15) is 22.7 Å². The SMILES string of the molecule is O=C(Cc1csc(NS(=O)(=O)c2ccc(F)cc2)n1)Nc1ccc(O)cc1. The zero-order chi connectivity index (χ0) is 19.4. The predicted octanol–water partition coefficient (Wildman–Crippen LogP) is 2.97. The minimum absolute atomic E-state index is 0.0460. The highest BCUT2D eigenvalue weighted by molar-refractivity contribution is 7.93. The zero-order valence-electron chi connectivity index (χ0n) is 13.7. The van der Waals surface area contributed by atoms with E-state index in [1.54, 1.807) is 17.5 Å². The molecule has 0 spiro atoms. The van der Waals surface area contributed by atoms with Crippen LogP contribution in [0.5, 0.6) is 5.75 Å². The van der Waals surface area contributed by atoms with Gasteiger partial charge in [0.25, 0.3) is 10.0 Å². The lowest BCUT2D eigenvalue weighted by molar-refractivity contribution is -0.115. The lowest BCUT2D eigenvalue weighted by Gasteiger charge is -2.05. The van der Waals surface area contributed by atoms with Gasteiger partial charge in [0.1, 0.15) is 11.6 Å². The number of nitrogens with one attached hydrogen (secondary N) is 2. The highest BCUT2D eigenvalue weighted by Gasteiger charge is 2.17. The van der Waals surface area contributed by atoms with Gasteiger partial charge in [-0.15, -0.1) is 11.3 Å². The van der Waals surface area contributed by atoms with Gasteiger partial charge in [-0.3, -0.25) is 9.52 Å². The molecule has 0 aliphatic rings. The van der Waals surface area contributed by atoms with E-state index in [-0.39, 0.29) is 28.1 Å². The second-order valence-electron chi connectivity index (χ2n) is 5.48. The molecule has 0 aliphatic heterocycles. The smallest absolute Gasteiger partial charge is 0.263 e. The fraction of sp³-hybridized carbons (Fsp3) is 0.0588. The number of aromatic nitrogens is 1. The molecule has 0 bridgehead atoms. The monoisotopic (exact) mass is 407 g/mol. The van der Waals surface area contributed by atoms with Crippen molar-refractivity contribution in [2.24, 2.45) is 0 Å².